The van der Waals surface area contributed by atoms with E-state index < -0.39 is 17.5 Å². The van der Waals surface area contributed by atoms with Crippen molar-refractivity contribution in [1.29, 1.82) is 0 Å². The molecule has 1 fully saturated rings. The predicted octanol–water partition coefficient (Wildman–Crippen LogP) is 1.73. The summed E-state index contributed by atoms with van der Waals surface area (Å²) in [5.74, 6) is -0.515. The van der Waals surface area contributed by atoms with E-state index in [1.807, 2.05) is 30.3 Å². The lowest BCUT2D eigenvalue weighted by Crippen LogP contribution is -2.40. The topological polar surface area (TPSA) is 105 Å². The Bertz CT molecular complexity index is 867. The van der Waals surface area contributed by atoms with Gasteiger partial charge in [-0.15, -0.1) is 0 Å². The second-order valence-electron chi connectivity index (χ2n) is 6.97. The minimum Gasteiger partial charge on any atom is -0.334 e. The fourth-order valence-electron chi connectivity index (χ4n) is 3.21. The van der Waals surface area contributed by atoms with Crippen LogP contribution in [0.4, 0.5) is 4.79 Å². The van der Waals surface area contributed by atoms with Crippen LogP contribution in [0.15, 0.2) is 54.6 Å². The summed E-state index contributed by atoms with van der Waals surface area (Å²) in [4.78, 5) is 38.3. The van der Waals surface area contributed by atoms with Crippen LogP contribution in [-0.4, -0.2) is 35.8 Å². The Kier molecular flexibility index (Phi) is 5.75. The highest BCUT2D eigenvalue weighted by Crippen LogP contribution is 2.25. The van der Waals surface area contributed by atoms with Crippen LogP contribution in [0.5, 0.6) is 0 Å². The summed E-state index contributed by atoms with van der Waals surface area (Å²) in [6.45, 7) is 3.19. The van der Waals surface area contributed by atoms with Crippen LogP contribution in [0.1, 0.15) is 34.8 Å². The first-order valence-corrected chi connectivity index (χ1v) is 9.21. The summed E-state index contributed by atoms with van der Waals surface area (Å²) >= 11 is 0. The molecule has 1 aliphatic heterocycles. The Morgan fingerprint density at radius 3 is 2.32 bits per heavy atom. The zero-order valence-corrected chi connectivity index (χ0v) is 15.8. The molecule has 1 atom stereocenters. The van der Waals surface area contributed by atoms with Crippen LogP contribution in [-0.2, 0) is 16.9 Å². The molecule has 7 heteroatoms. The molecule has 2 aromatic carbocycles. The molecular weight excluding hydrogens is 356 g/mol. The molecule has 146 valence electrons. The number of amides is 4. The third-order valence-corrected chi connectivity index (χ3v) is 4.89. The quantitative estimate of drug-likeness (QED) is 0.636. The van der Waals surface area contributed by atoms with Crippen molar-refractivity contribution in [2.45, 2.75) is 25.4 Å². The zero-order chi connectivity index (χ0) is 20.1. The number of carbonyl (C=O) groups excluding carboxylic acids is 3. The van der Waals surface area contributed by atoms with Gasteiger partial charge in [0.15, 0.2) is 0 Å². The molecular formula is C21H24N4O3. The molecule has 1 unspecified atom stereocenters. The molecule has 4 N–H and O–H groups in total. The van der Waals surface area contributed by atoms with Gasteiger partial charge in [0.2, 0.25) is 0 Å². The van der Waals surface area contributed by atoms with Crippen molar-refractivity contribution in [3.05, 3.63) is 71.3 Å². The summed E-state index contributed by atoms with van der Waals surface area (Å²) in [6.07, 6.45) is 0.709. The molecule has 0 radical (unpaired) electrons. The average molecular weight is 380 g/mol. The Morgan fingerprint density at radius 2 is 1.75 bits per heavy atom. The molecule has 1 heterocycles. The van der Waals surface area contributed by atoms with Gasteiger partial charge in [0.05, 0.1) is 0 Å². The Hall–Kier alpha value is -3.19. The molecule has 0 aromatic heterocycles. The van der Waals surface area contributed by atoms with E-state index in [4.69, 9.17) is 5.73 Å². The van der Waals surface area contributed by atoms with E-state index in [1.54, 1.807) is 36.1 Å². The van der Waals surface area contributed by atoms with Crippen molar-refractivity contribution in [3.63, 3.8) is 0 Å². The van der Waals surface area contributed by atoms with Gasteiger partial charge in [0, 0.05) is 18.7 Å². The molecule has 0 spiro atoms. The average Bonchev–Trinajstić information content (AvgIpc) is 2.98. The maximum absolute atomic E-state index is 13.0. The lowest BCUT2D eigenvalue weighted by Gasteiger charge is -2.24. The first-order chi connectivity index (χ1) is 13.4. The summed E-state index contributed by atoms with van der Waals surface area (Å²) in [7, 11) is 0. The molecule has 28 heavy (non-hydrogen) atoms. The fraction of sp³-hybridized carbons (Fsp3) is 0.286. The Morgan fingerprint density at radius 1 is 1.07 bits per heavy atom. The van der Waals surface area contributed by atoms with Crippen molar-refractivity contribution in [2.75, 3.05) is 13.1 Å². The number of hydrogen-bond donors (Lipinski definition) is 3. The first-order valence-electron chi connectivity index (χ1n) is 9.21. The van der Waals surface area contributed by atoms with Gasteiger partial charge in [0.1, 0.15) is 5.54 Å². The number of nitrogens with two attached hydrogens (primary N) is 1. The van der Waals surface area contributed by atoms with Crippen molar-refractivity contribution in [3.8, 4) is 0 Å². The summed E-state index contributed by atoms with van der Waals surface area (Å²) in [5.41, 5.74) is 6.67. The number of nitrogens with zero attached hydrogens (tertiary/aromatic N) is 1. The molecule has 7 nitrogen and oxygen atoms in total. The van der Waals surface area contributed by atoms with Crippen molar-refractivity contribution in [1.82, 2.24) is 15.5 Å². The summed E-state index contributed by atoms with van der Waals surface area (Å²) in [5, 5.41) is 4.86. The highest BCUT2D eigenvalue weighted by atomic mass is 16.2. The highest BCUT2D eigenvalue weighted by Gasteiger charge is 2.43. The standard InChI is InChI=1S/C21H24N4O3/c1-21(19(27)23-20(28)24-21)17-10-8-16(9-11-17)18(26)25(13-5-12-22)14-15-6-3-2-4-7-15/h2-4,6-11H,5,12-14,22H2,1H3,(H2,23,24,27,28). The number of benzene rings is 2. The van der Waals surface area contributed by atoms with Crippen LogP contribution >= 0.6 is 0 Å². The van der Waals surface area contributed by atoms with E-state index in [-0.39, 0.29) is 5.91 Å². The normalized spacial score (nSPS) is 18.5. The molecule has 3 rings (SSSR count). The molecule has 1 aliphatic rings. The highest BCUT2D eigenvalue weighted by molar-refractivity contribution is 6.07. The van der Waals surface area contributed by atoms with Gasteiger partial charge in [-0.2, -0.15) is 0 Å². The minimum atomic E-state index is -1.14. The summed E-state index contributed by atoms with van der Waals surface area (Å²) in [6, 6.07) is 16.0. The fourth-order valence-corrected chi connectivity index (χ4v) is 3.21. The molecule has 1 saturated heterocycles. The van der Waals surface area contributed by atoms with Crippen LogP contribution in [0.25, 0.3) is 0 Å². The van der Waals surface area contributed by atoms with Crippen LogP contribution in [0.2, 0.25) is 0 Å². The largest absolute Gasteiger partial charge is 0.334 e. The predicted molar refractivity (Wildman–Crippen MR) is 105 cm³/mol. The second kappa shape index (κ2) is 8.22. The molecule has 4 amide bonds. The van der Waals surface area contributed by atoms with Crippen molar-refractivity contribution in [2.24, 2.45) is 5.73 Å². The van der Waals surface area contributed by atoms with Gasteiger partial charge in [-0.05, 0) is 43.1 Å². The first kappa shape index (κ1) is 19.6. The smallest absolute Gasteiger partial charge is 0.322 e. The lowest BCUT2D eigenvalue weighted by atomic mass is 9.91. The van der Waals surface area contributed by atoms with E-state index in [2.05, 4.69) is 10.6 Å². The van der Waals surface area contributed by atoms with Crippen molar-refractivity contribution < 1.29 is 14.4 Å². The van der Waals surface area contributed by atoms with Crippen LogP contribution < -0.4 is 16.4 Å². The number of carbonyl (C=O) groups is 3. The molecule has 2 aromatic rings. The van der Waals surface area contributed by atoms with E-state index in [0.29, 0.717) is 37.2 Å². The summed E-state index contributed by atoms with van der Waals surface area (Å²) < 4.78 is 0. The van der Waals surface area contributed by atoms with E-state index in [9.17, 15) is 14.4 Å². The molecule has 0 bridgehead atoms. The van der Waals surface area contributed by atoms with E-state index in [0.717, 1.165) is 5.56 Å². The van der Waals surface area contributed by atoms with Gasteiger partial charge in [-0.1, -0.05) is 42.5 Å². The van der Waals surface area contributed by atoms with Gasteiger partial charge in [0.25, 0.3) is 11.8 Å². The maximum Gasteiger partial charge on any atom is 0.322 e. The number of nitrogens with one attached hydrogen (secondary N) is 2. The lowest BCUT2D eigenvalue weighted by molar-refractivity contribution is -0.123. The van der Waals surface area contributed by atoms with Gasteiger partial charge >= 0.3 is 6.03 Å². The number of imide groups is 1. The molecule has 0 aliphatic carbocycles. The number of hydrogen-bond acceptors (Lipinski definition) is 4. The minimum absolute atomic E-state index is 0.103. The van der Waals surface area contributed by atoms with Gasteiger partial charge < -0.3 is 16.0 Å². The van der Waals surface area contributed by atoms with E-state index >= 15 is 0 Å². The number of urea groups is 1. The molecule has 0 saturated carbocycles. The van der Waals surface area contributed by atoms with Crippen LogP contribution in [0.3, 0.4) is 0 Å². The maximum atomic E-state index is 13.0. The second-order valence-corrected chi connectivity index (χ2v) is 6.97. The zero-order valence-electron chi connectivity index (χ0n) is 15.8. The Balaban J connectivity index is 1.79. The van der Waals surface area contributed by atoms with Crippen LogP contribution in [0, 0.1) is 0 Å². The van der Waals surface area contributed by atoms with E-state index in [1.165, 1.54) is 0 Å². The third kappa shape index (κ3) is 4.04. The Labute approximate surface area is 163 Å². The van der Waals surface area contributed by atoms with Gasteiger partial charge in [-0.3, -0.25) is 14.9 Å². The number of rotatable bonds is 7. The van der Waals surface area contributed by atoms with Gasteiger partial charge in [-0.25, -0.2) is 4.79 Å². The monoisotopic (exact) mass is 380 g/mol. The van der Waals surface area contributed by atoms with Crippen molar-refractivity contribution >= 4 is 17.8 Å². The third-order valence-electron chi connectivity index (χ3n) is 4.89. The SMILES string of the molecule is CC1(c2ccc(C(=O)N(CCCN)Cc3ccccc3)cc2)NC(=O)NC1=O.